The molecular weight excluding hydrogens is 458 g/mol. The van der Waals surface area contributed by atoms with Gasteiger partial charge < -0.3 is 13.7 Å². The summed E-state index contributed by atoms with van der Waals surface area (Å²) in [4.78, 5) is 28.3. The number of carbonyl (C=O) groups excluding carboxylic acids is 1. The van der Waals surface area contributed by atoms with Crippen LogP contribution in [0.25, 0.3) is 11.0 Å². The molecule has 5 nitrogen and oxygen atoms in total. The number of hydrogen-bond donors (Lipinski definition) is 0. The van der Waals surface area contributed by atoms with Crippen LogP contribution in [-0.4, -0.2) is 10.8 Å². The fourth-order valence-electron chi connectivity index (χ4n) is 3.75. The average molecular weight is 471 g/mol. The SMILES string of the molecule is O=C1c2oc3ccc(Br)cc3c(=O)c2C(c2cccc(Cl)c2)N1Cc1ccco1. The fraction of sp³-hybridized carbons (Fsp3) is 0.0909. The van der Waals surface area contributed by atoms with Gasteiger partial charge in [-0.1, -0.05) is 39.7 Å². The fourth-order valence-corrected chi connectivity index (χ4v) is 4.31. The molecule has 1 amide bonds. The van der Waals surface area contributed by atoms with E-state index in [9.17, 15) is 9.59 Å². The number of fused-ring (bicyclic) bond motifs is 2. The van der Waals surface area contributed by atoms with Gasteiger partial charge in [0.1, 0.15) is 11.3 Å². The molecule has 4 aromatic rings. The number of halogens is 2. The molecule has 5 rings (SSSR count). The minimum atomic E-state index is -0.624. The molecule has 0 aliphatic carbocycles. The summed E-state index contributed by atoms with van der Waals surface area (Å²) in [5.41, 5.74) is 1.19. The van der Waals surface area contributed by atoms with E-state index in [4.69, 9.17) is 20.4 Å². The smallest absolute Gasteiger partial charge is 0.291 e. The third-order valence-corrected chi connectivity index (χ3v) is 5.73. The Morgan fingerprint density at radius 3 is 2.69 bits per heavy atom. The van der Waals surface area contributed by atoms with Gasteiger partial charge in [0.25, 0.3) is 5.91 Å². The van der Waals surface area contributed by atoms with E-state index in [0.29, 0.717) is 27.3 Å². The number of hydrogen-bond acceptors (Lipinski definition) is 4. The minimum absolute atomic E-state index is 0.0568. The lowest BCUT2D eigenvalue weighted by molar-refractivity contribution is 0.0701. The van der Waals surface area contributed by atoms with Gasteiger partial charge >= 0.3 is 0 Å². The maximum absolute atomic E-state index is 13.4. The molecule has 0 fully saturated rings. The summed E-state index contributed by atoms with van der Waals surface area (Å²) < 4.78 is 12.1. The van der Waals surface area contributed by atoms with Crippen molar-refractivity contribution in [3.63, 3.8) is 0 Å². The number of furan rings is 1. The van der Waals surface area contributed by atoms with Gasteiger partial charge in [-0.05, 0) is 48.0 Å². The topological polar surface area (TPSA) is 63.7 Å². The van der Waals surface area contributed by atoms with E-state index in [1.54, 1.807) is 59.7 Å². The Morgan fingerprint density at radius 2 is 1.93 bits per heavy atom. The highest BCUT2D eigenvalue weighted by Gasteiger charge is 2.43. The van der Waals surface area contributed by atoms with Crippen molar-refractivity contribution in [1.82, 2.24) is 4.90 Å². The van der Waals surface area contributed by atoms with Crippen molar-refractivity contribution in [2.45, 2.75) is 12.6 Å². The Bertz CT molecular complexity index is 1310. The number of carbonyl (C=O) groups is 1. The Kier molecular flexibility index (Phi) is 4.33. The Balaban J connectivity index is 1.77. The average Bonchev–Trinajstić information content (AvgIpc) is 3.31. The largest absolute Gasteiger partial charge is 0.467 e. The van der Waals surface area contributed by atoms with Crippen LogP contribution >= 0.6 is 27.5 Å². The minimum Gasteiger partial charge on any atom is -0.467 e. The molecule has 29 heavy (non-hydrogen) atoms. The lowest BCUT2D eigenvalue weighted by Crippen LogP contribution is -2.29. The highest BCUT2D eigenvalue weighted by molar-refractivity contribution is 9.10. The molecule has 1 aliphatic rings. The van der Waals surface area contributed by atoms with Gasteiger partial charge in [0.15, 0.2) is 5.43 Å². The van der Waals surface area contributed by atoms with Gasteiger partial charge in [-0.2, -0.15) is 0 Å². The van der Waals surface area contributed by atoms with Crippen LogP contribution in [0.3, 0.4) is 0 Å². The van der Waals surface area contributed by atoms with E-state index in [2.05, 4.69) is 15.9 Å². The van der Waals surface area contributed by atoms with E-state index in [1.807, 2.05) is 6.07 Å². The second kappa shape index (κ2) is 6.90. The lowest BCUT2D eigenvalue weighted by Gasteiger charge is -2.24. The first-order chi connectivity index (χ1) is 14.0. The highest BCUT2D eigenvalue weighted by atomic mass is 79.9. The normalized spacial score (nSPS) is 15.9. The predicted octanol–water partition coefficient (Wildman–Crippen LogP) is 5.55. The zero-order chi connectivity index (χ0) is 20.1. The van der Waals surface area contributed by atoms with Crippen LogP contribution in [0.15, 0.2) is 79.0 Å². The molecule has 7 heteroatoms. The van der Waals surface area contributed by atoms with Crippen molar-refractivity contribution >= 4 is 44.4 Å². The van der Waals surface area contributed by atoms with E-state index in [1.165, 1.54) is 0 Å². The molecule has 0 spiro atoms. The molecule has 0 saturated carbocycles. The first-order valence-electron chi connectivity index (χ1n) is 8.88. The van der Waals surface area contributed by atoms with Crippen molar-refractivity contribution in [2.75, 3.05) is 0 Å². The monoisotopic (exact) mass is 469 g/mol. The standard InChI is InChI=1S/C22H13BrClNO4/c23-13-6-7-17-16(10-13)20(26)18-19(12-3-1-4-14(24)9-12)25(22(27)21(18)29-17)11-15-5-2-8-28-15/h1-10,19H,11H2. The summed E-state index contributed by atoms with van der Waals surface area (Å²) >= 11 is 9.60. The Labute approximate surface area is 178 Å². The molecule has 0 N–H and O–H groups in total. The lowest BCUT2D eigenvalue weighted by atomic mass is 9.98. The van der Waals surface area contributed by atoms with E-state index >= 15 is 0 Å². The van der Waals surface area contributed by atoms with Gasteiger partial charge in [0.2, 0.25) is 5.76 Å². The predicted molar refractivity (Wildman–Crippen MR) is 112 cm³/mol. The summed E-state index contributed by atoms with van der Waals surface area (Å²) in [6, 6.07) is 15.2. The van der Waals surface area contributed by atoms with Gasteiger partial charge in [0.05, 0.1) is 29.8 Å². The van der Waals surface area contributed by atoms with Crippen molar-refractivity contribution in [3.05, 3.63) is 103 Å². The number of amides is 1. The summed E-state index contributed by atoms with van der Waals surface area (Å²) in [7, 11) is 0. The zero-order valence-corrected chi connectivity index (χ0v) is 17.2. The van der Waals surface area contributed by atoms with Crippen molar-refractivity contribution < 1.29 is 13.6 Å². The molecule has 3 heterocycles. The third kappa shape index (κ3) is 2.99. The van der Waals surface area contributed by atoms with E-state index < -0.39 is 6.04 Å². The first-order valence-corrected chi connectivity index (χ1v) is 10.0. The second-order valence-electron chi connectivity index (χ2n) is 6.78. The van der Waals surface area contributed by atoms with Crippen LogP contribution < -0.4 is 5.43 Å². The van der Waals surface area contributed by atoms with Gasteiger partial charge in [-0.15, -0.1) is 0 Å². The molecule has 0 bridgehead atoms. The second-order valence-corrected chi connectivity index (χ2v) is 8.14. The van der Waals surface area contributed by atoms with Crippen LogP contribution in [0.1, 0.15) is 33.5 Å². The quantitative estimate of drug-likeness (QED) is 0.394. The molecule has 2 aromatic carbocycles. The Morgan fingerprint density at radius 1 is 1.07 bits per heavy atom. The Hall–Kier alpha value is -2.83. The molecule has 1 atom stereocenters. The van der Waals surface area contributed by atoms with Crippen molar-refractivity contribution in [2.24, 2.45) is 0 Å². The molecule has 0 saturated heterocycles. The van der Waals surface area contributed by atoms with Crippen LogP contribution in [0.5, 0.6) is 0 Å². The summed E-state index contributed by atoms with van der Waals surface area (Å²) in [5.74, 6) is 0.308. The zero-order valence-electron chi connectivity index (χ0n) is 14.9. The third-order valence-electron chi connectivity index (χ3n) is 5.00. The van der Waals surface area contributed by atoms with Gasteiger partial charge in [-0.25, -0.2) is 0 Å². The van der Waals surface area contributed by atoms with Crippen molar-refractivity contribution in [1.29, 1.82) is 0 Å². The molecule has 2 aromatic heterocycles. The maximum atomic E-state index is 13.4. The first kappa shape index (κ1) is 18.2. The molecular formula is C22H13BrClNO4. The van der Waals surface area contributed by atoms with Crippen LogP contribution in [0.4, 0.5) is 0 Å². The molecule has 144 valence electrons. The number of rotatable bonds is 3. The van der Waals surface area contributed by atoms with Crippen LogP contribution in [0, 0.1) is 0 Å². The van der Waals surface area contributed by atoms with Gasteiger partial charge in [0, 0.05) is 9.50 Å². The van der Waals surface area contributed by atoms with E-state index in [0.717, 1.165) is 10.0 Å². The highest BCUT2D eigenvalue weighted by Crippen LogP contribution is 2.39. The van der Waals surface area contributed by atoms with E-state index in [-0.39, 0.29) is 23.6 Å². The molecule has 1 aliphatic heterocycles. The number of nitrogens with zero attached hydrogens (tertiary/aromatic N) is 1. The molecule has 0 radical (unpaired) electrons. The maximum Gasteiger partial charge on any atom is 0.291 e. The van der Waals surface area contributed by atoms with Gasteiger partial charge in [-0.3, -0.25) is 9.59 Å². The summed E-state index contributed by atoms with van der Waals surface area (Å²) in [6.07, 6.45) is 1.55. The van der Waals surface area contributed by atoms with Crippen LogP contribution in [0.2, 0.25) is 5.02 Å². The molecule has 1 unspecified atom stereocenters. The number of benzene rings is 2. The summed E-state index contributed by atoms with van der Waals surface area (Å²) in [5, 5.41) is 0.937. The summed E-state index contributed by atoms with van der Waals surface area (Å²) in [6.45, 7) is 0.201. The van der Waals surface area contributed by atoms with Crippen molar-refractivity contribution in [3.8, 4) is 0 Å². The van der Waals surface area contributed by atoms with Crippen LogP contribution in [-0.2, 0) is 6.54 Å².